The van der Waals surface area contributed by atoms with E-state index in [0.29, 0.717) is 43.2 Å². The number of carbonyl (C=O) groups is 2. The number of benzene rings is 1. The summed E-state index contributed by atoms with van der Waals surface area (Å²) in [7, 11) is 0. The van der Waals surface area contributed by atoms with Gasteiger partial charge in [0.1, 0.15) is 18.4 Å². The highest BCUT2D eigenvalue weighted by molar-refractivity contribution is 5.90. The Morgan fingerprint density at radius 1 is 1.38 bits per heavy atom. The highest BCUT2D eigenvalue weighted by atomic mass is 16.7. The molecule has 2 N–H and O–H groups in total. The molecule has 3 rings (SSSR count). The van der Waals surface area contributed by atoms with Crippen molar-refractivity contribution in [3.8, 4) is 17.2 Å². The zero-order valence-corrected chi connectivity index (χ0v) is 11.4. The molecule has 0 aliphatic carbocycles. The normalized spacial score (nSPS) is 19.2. The van der Waals surface area contributed by atoms with Crippen molar-refractivity contribution in [2.45, 2.75) is 18.9 Å². The molecular weight excluding hydrogens is 276 g/mol. The van der Waals surface area contributed by atoms with Crippen LogP contribution in [0.15, 0.2) is 18.2 Å². The summed E-state index contributed by atoms with van der Waals surface area (Å²) in [5, 5.41) is 5.35. The molecule has 7 nitrogen and oxygen atoms in total. The van der Waals surface area contributed by atoms with Crippen molar-refractivity contribution >= 4 is 11.8 Å². The van der Waals surface area contributed by atoms with Gasteiger partial charge < -0.3 is 24.8 Å². The molecule has 0 saturated carbocycles. The molecule has 2 heterocycles. The number of carbonyl (C=O) groups excluding carboxylic acids is 2. The predicted molar refractivity (Wildman–Crippen MR) is 72.2 cm³/mol. The highest BCUT2D eigenvalue weighted by Crippen LogP contribution is 2.34. The molecule has 1 saturated heterocycles. The Bertz CT molecular complexity index is 560. The van der Waals surface area contributed by atoms with Gasteiger partial charge in [0.15, 0.2) is 11.5 Å². The van der Waals surface area contributed by atoms with Gasteiger partial charge in [0.05, 0.1) is 6.54 Å². The van der Waals surface area contributed by atoms with Gasteiger partial charge >= 0.3 is 0 Å². The minimum absolute atomic E-state index is 0.0771. The zero-order chi connectivity index (χ0) is 14.7. The summed E-state index contributed by atoms with van der Waals surface area (Å²) in [5.41, 5.74) is 0. The summed E-state index contributed by atoms with van der Waals surface area (Å²) in [4.78, 5) is 22.8. The molecule has 1 unspecified atom stereocenters. The molecular formula is C14H16N2O5. The molecule has 0 radical (unpaired) electrons. The fourth-order valence-corrected chi connectivity index (χ4v) is 2.24. The number of nitrogens with one attached hydrogen (secondary N) is 2. The van der Waals surface area contributed by atoms with E-state index in [-0.39, 0.29) is 18.6 Å². The molecule has 1 aromatic carbocycles. The fraction of sp³-hybridized carbons (Fsp3) is 0.429. The van der Waals surface area contributed by atoms with Crippen LogP contribution < -0.4 is 24.8 Å². The van der Waals surface area contributed by atoms with Gasteiger partial charge in [0.2, 0.25) is 18.6 Å². The van der Waals surface area contributed by atoms with E-state index in [1.165, 1.54) is 0 Å². The Morgan fingerprint density at radius 3 is 3.05 bits per heavy atom. The first-order valence-corrected chi connectivity index (χ1v) is 6.82. The molecule has 7 heteroatoms. The van der Waals surface area contributed by atoms with Gasteiger partial charge in [-0.3, -0.25) is 9.59 Å². The Morgan fingerprint density at radius 2 is 2.24 bits per heavy atom. The van der Waals surface area contributed by atoms with E-state index in [4.69, 9.17) is 14.2 Å². The summed E-state index contributed by atoms with van der Waals surface area (Å²) in [6.45, 7) is 0.938. The summed E-state index contributed by atoms with van der Waals surface area (Å²) < 4.78 is 16.0. The average Bonchev–Trinajstić information content (AvgIpc) is 3.11. The van der Waals surface area contributed by atoms with Crippen LogP contribution >= 0.6 is 0 Å². The van der Waals surface area contributed by atoms with Crippen molar-refractivity contribution in [2.75, 3.05) is 19.9 Å². The first kappa shape index (κ1) is 13.5. The van der Waals surface area contributed by atoms with Crippen molar-refractivity contribution < 1.29 is 23.8 Å². The van der Waals surface area contributed by atoms with E-state index in [1.807, 2.05) is 0 Å². The number of hydrogen-bond donors (Lipinski definition) is 2. The van der Waals surface area contributed by atoms with Gasteiger partial charge in [-0.15, -0.1) is 0 Å². The van der Waals surface area contributed by atoms with Gasteiger partial charge in [0, 0.05) is 12.5 Å². The van der Waals surface area contributed by atoms with Crippen LogP contribution in [0.1, 0.15) is 12.8 Å². The topological polar surface area (TPSA) is 85.9 Å². The summed E-state index contributed by atoms with van der Waals surface area (Å²) in [6.07, 6.45) is 0.958. The van der Waals surface area contributed by atoms with Gasteiger partial charge in [-0.05, 0) is 18.6 Å². The molecule has 21 heavy (non-hydrogen) atoms. The summed E-state index contributed by atoms with van der Waals surface area (Å²) >= 11 is 0. The van der Waals surface area contributed by atoms with E-state index >= 15 is 0 Å². The Hall–Kier alpha value is -2.44. The number of hydrogen-bond acceptors (Lipinski definition) is 5. The Balaban J connectivity index is 1.40. The smallest absolute Gasteiger partial charge is 0.242 e. The van der Waals surface area contributed by atoms with Crippen LogP contribution in [-0.2, 0) is 9.59 Å². The molecule has 2 amide bonds. The van der Waals surface area contributed by atoms with E-state index in [9.17, 15) is 9.59 Å². The van der Waals surface area contributed by atoms with Crippen molar-refractivity contribution in [1.82, 2.24) is 10.6 Å². The summed E-state index contributed by atoms with van der Waals surface area (Å²) in [6, 6.07) is 4.90. The van der Waals surface area contributed by atoms with Gasteiger partial charge in [-0.25, -0.2) is 0 Å². The van der Waals surface area contributed by atoms with Crippen LogP contribution in [0.3, 0.4) is 0 Å². The van der Waals surface area contributed by atoms with Crippen molar-refractivity contribution in [3.63, 3.8) is 0 Å². The fourth-order valence-electron chi connectivity index (χ4n) is 2.24. The molecule has 2 aliphatic rings. The van der Waals surface area contributed by atoms with E-state index in [2.05, 4.69) is 10.6 Å². The molecule has 2 aliphatic heterocycles. The maximum absolute atomic E-state index is 11.7. The lowest BCUT2D eigenvalue weighted by Gasteiger charge is -2.11. The van der Waals surface area contributed by atoms with E-state index in [1.54, 1.807) is 18.2 Å². The van der Waals surface area contributed by atoms with Crippen LogP contribution in [0, 0.1) is 0 Å². The van der Waals surface area contributed by atoms with Crippen LogP contribution in [0.5, 0.6) is 17.2 Å². The molecule has 0 bridgehead atoms. The largest absolute Gasteiger partial charge is 0.492 e. The summed E-state index contributed by atoms with van der Waals surface area (Å²) in [5.74, 6) is 1.77. The van der Waals surface area contributed by atoms with Crippen LogP contribution in [0.2, 0.25) is 0 Å². The lowest BCUT2D eigenvalue weighted by Crippen LogP contribution is -2.42. The molecule has 1 atom stereocenters. The van der Waals surface area contributed by atoms with Gasteiger partial charge in [0.25, 0.3) is 0 Å². The average molecular weight is 292 g/mol. The van der Waals surface area contributed by atoms with Crippen LogP contribution in [0.4, 0.5) is 0 Å². The number of rotatable bonds is 5. The maximum atomic E-state index is 11.7. The van der Waals surface area contributed by atoms with E-state index in [0.717, 1.165) is 0 Å². The molecule has 0 spiro atoms. The van der Waals surface area contributed by atoms with Crippen molar-refractivity contribution in [1.29, 1.82) is 0 Å². The van der Waals surface area contributed by atoms with Gasteiger partial charge in [-0.1, -0.05) is 0 Å². The first-order valence-electron chi connectivity index (χ1n) is 6.82. The maximum Gasteiger partial charge on any atom is 0.242 e. The minimum Gasteiger partial charge on any atom is -0.492 e. The quantitative estimate of drug-likeness (QED) is 0.757. The molecule has 1 fully saturated rings. The third kappa shape index (κ3) is 3.18. The second-order valence-corrected chi connectivity index (χ2v) is 4.81. The SMILES string of the molecule is O=C1CCC(C(=O)NCCOc2ccc3c(c2)OCO3)N1. The highest BCUT2D eigenvalue weighted by Gasteiger charge is 2.26. The standard InChI is InChI=1S/C14H16N2O5/c17-13-4-2-10(16-13)14(18)15-5-6-19-9-1-3-11-12(7-9)21-8-20-11/h1,3,7,10H,2,4-6,8H2,(H,15,18)(H,16,17). The van der Waals surface area contributed by atoms with Gasteiger partial charge in [-0.2, -0.15) is 0 Å². The number of ether oxygens (including phenoxy) is 3. The number of amides is 2. The zero-order valence-electron chi connectivity index (χ0n) is 11.4. The molecule has 0 aromatic heterocycles. The third-order valence-electron chi connectivity index (χ3n) is 3.33. The van der Waals surface area contributed by atoms with Crippen molar-refractivity contribution in [3.05, 3.63) is 18.2 Å². The van der Waals surface area contributed by atoms with Crippen molar-refractivity contribution in [2.24, 2.45) is 0 Å². The number of fused-ring (bicyclic) bond motifs is 1. The molecule has 1 aromatic rings. The van der Waals surface area contributed by atoms with E-state index < -0.39 is 6.04 Å². The monoisotopic (exact) mass is 292 g/mol. The predicted octanol–water partition coefficient (Wildman–Crippen LogP) is 0.189. The molecule has 112 valence electrons. The van der Waals surface area contributed by atoms with Crippen LogP contribution in [0.25, 0.3) is 0 Å². The lowest BCUT2D eigenvalue weighted by molar-refractivity contribution is -0.125. The third-order valence-corrected chi connectivity index (χ3v) is 3.33. The first-order chi connectivity index (χ1) is 10.2. The second-order valence-electron chi connectivity index (χ2n) is 4.81. The second kappa shape index (κ2) is 5.90. The lowest BCUT2D eigenvalue weighted by atomic mass is 10.2. The Labute approximate surface area is 121 Å². The van der Waals surface area contributed by atoms with Crippen LogP contribution in [-0.4, -0.2) is 37.8 Å². The Kier molecular flexibility index (Phi) is 3.81. The minimum atomic E-state index is -0.414.